The summed E-state index contributed by atoms with van der Waals surface area (Å²) < 4.78 is 21.8. The van der Waals surface area contributed by atoms with Crippen LogP contribution in [0.2, 0.25) is 0 Å². The number of carbonyl (C=O) groups excluding carboxylic acids is 3. The number of hydrogen-bond donors (Lipinski definition) is 5. The number of ether oxygens (including phenoxy) is 4. The van der Waals surface area contributed by atoms with Gasteiger partial charge in [0.05, 0.1) is 31.0 Å². The molecule has 46 heavy (non-hydrogen) atoms. The number of rotatable bonds is 14. The van der Waals surface area contributed by atoms with E-state index >= 15 is 0 Å². The fourth-order valence-corrected chi connectivity index (χ4v) is 4.31. The Bertz CT molecular complexity index is 1540. The van der Waals surface area contributed by atoms with Crippen LogP contribution in [-0.2, 0) is 27.4 Å². The Kier molecular flexibility index (Phi) is 12.9. The molecule has 0 heterocycles. The lowest BCUT2D eigenvalue weighted by Crippen LogP contribution is -2.32. The summed E-state index contributed by atoms with van der Waals surface area (Å²) in [6.45, 7) is 10.5. The third-order valence-corrected chi connectivity index (χ3v) is 6.27. The second-order valence-corrected chi connectivity index (χ2v) is 10.9. The summed E-state index contributed by atoms with van der Waals surface area (Å²) in [4.78, 5) is 37.3. The predicted octanol–water partition coefficient (Wildman–Crippen LogP) is 5.54. The fraction of sp³-hybridized carbons (Fsp3) is 0.353. The van der Waals surface area contributed by atoms with Gasteiger partial charge in [0.25, 0.3) is 5.91 Å². The van der Waals surface area contributed by atoms with Gasteiger partial charge in [-0.1, -0.05) is 11.6 Å². The van der Waals surface area contributed by atoms with Crippen molar-refractivity contribution in [3.8, 4) is 11.5 Å². The number of anilines is 2. The number of amidine groups is 1. The zero-order valence-electron chi connectivity index (χ0n) is 27.0. The molecule has 3 aromatic carbocycles. The summed E-state index contributed by atoms with van der Waals surface area (Å²) in [5, 5.41) is 26.6. The molecule has 0 spiro atoms. The number of benzene rings is 3. The number of amides is 2. The van der Waals surface area contributed by atoms with Crippen LogP contribution in [0.4, 0.5) is 16.2 Å². The minimum absolute atomic E-state index is 0.133. The van der Waals surface area contributed by atoms with E-state index in [2.05, 4.69) is 16.0 Å². The van der Waals surface area contributed by atoms with Gasteiger partial charge in [0.2, 0.25) is 0 Å². The number of carbonyl (C=O) groups is 3. The molecule has 3 rings (SSSR count). The van der Waals surface area contributed by atoms with Crippen LogP contribution < -0.4 is 25.4 Å². The van der Waals surface area contributed by atoms with Crippen LogP contribution in [0.3, 0.4) is 0 Å². The first-order valence-corrected chi connectivity index (χ1v) is 14.9. The van der Waals surface area contributed by atoms with Crippen LogP contribution in [0.5, 0.6) is 11.5 Å². The van der Waals surface area contributed by atoms with Crippen molar-refractivity contribution in [3.63, 3.8) is 0 Å². The van der Waals surface area contributed by atoms with Crippen molar-refractivity contribution in [2.75, 3.05) is 23.8 Å². The number of aliphatic hydroxyl groups excluding tert-OH is 1. The van der Waals surface area contributed by atoms with Crippen LogP contribution in [0.1, 0.15) is 67.2 Å². The van der Waals surface area contributed by atoms with E-state index < -0.39 is 12.1 Å². The zero-order chi connectivity index (χ0) is 33.8. The minimum atomic E-state index is -0.721. The van der Waals surface area contributed by atoms with Crippen LogP contribution >= 0.6 is 0 Å². The Morgan fingerprint density at radius 1 is 0.957 bits per heavy atom. The molecule has 0 aliphatic carbocycles. The molecule has 5 N–H and O–H groups in total. The molecule has 0 saturated carbocycles. The Balaban J connectivity index is 1.81. The molecule has 3 aromatic rings. The lowest BCUT2D eigenvalue weighted by molar-refractivity contribution is -0.145. The smallest absolute Gasteiger partial charge is 0.413 e. The van der Waals surface area contributed by atoms with Crippen molar-refractivity contribution >= 4 is 35.2 Å². The van der Waals surface area contributed by atoms with Crippen molar-refractivity contribution in [2.45, 2.75) is 66.9 Å². The lowest BCUT2D eigenvalue weighted by Gasteiger charge is -2.20. The molecule has 0 bridgehead atoms. The van der Waals surface area contributed by atoms with Crippen LogP contribution in [0.25, 0.3) is 0 Å². The van der Waals surface area contributed by atoms with Gasteiger partial charge in [-0.15, -0.1) is 0 Å². The number of aryl methyl sites for hydroxylation is 1. The summed E-state index contributed by atoms with van der Waals surface area (Å²) in [5.74, 6) is -0.350. The van der Waals surface area contributed by atoms with Gasteiger partial charge in [-0.2, -0.15) is 0 Å². The monoisotopic (exact) mass is 634 g/mol. The average molecular weight is 635 g/mol. The second kappa shape index (κ2) is 16.8. The highest BCUT2D eigenvalue weighted by molar-refractivity contribution is 6.09. The SMILES string of the molecule is CCOC(=O)COc1c(CNc2ccc(C)cc2C(=O)Nc2ccc(C(=N)NC(=O)OC(C)C)cc2)cc(CO)cc1OC(C)C. The molecule has 246 valence electrons. The molecule has 0 saturated heterocycles. The quantitative estimate of drug-likeness (QED) is 0.0868. The molecular weight excluding hydrogens is 592 g/mol. The van der Waals surface area contributed by atoms with E-state index in [1.165, 1.54) is 0 Å². The zero-order valence-corrected chi connectivity index (χ0v) is 27.0. The third kappa shape index (κ3) is 10.5. The van der Waals surface area contributed by atoms with Gasteiger partial charge in [-0.05, 0) is 95.6 Å². The van der Waals surface area contributed by atoms with E-state index in [-0.39, 0.29) is 50.3 Å². The van der Waals surface area contributed by atoms with Gasteiger partial charge < -0.3 is 34.7 Å². The fourth-order valence-electron chi connectivity index (χ4n) is 4.31. The first-order chi connectivity index (χ1) is 21.9. The normalized spacial score (nSPS) is 10.7. The summed E-state index contributed by atoms with van der Waals surface area (Å²) in [7, 11) is 0. The molecule has 0 aliphatic heterocycles. The first kappa shape index (κ1) is 35.4. The number of aliphatic hydroxyl groups is 1. The van der Waals surface area contributed by atoms with Gasteiger partial charge in [0.15, 0.2) is 18.1 Å². The number of esters is 1. The number of nitrogens with one attached hydrogen (secondary N) is 4. The predicted molar refractivity (Wildman–Crippen MR) is 175 cm³/mol. The molecule has 0 radical (unpaired) electrons. The van der Waals surface area contributed by atoms with Gasteiger partial charge in [0, 0.05) is 29.0 Å². The summed E-state index contributed by atoms with van der Waals surface area (Å²) in [6.07, 6.45) is -1.24. The Morgan fingerprint density at radius 3 is 2.30 bits per heavy atom. The minimum Gasteiger partial charge on any atom is -0.487 e. The van der Waals surface area contributed by atoms with Crippen molar-refractivity contribution in [1.82, 2.24) is 5.32 Å². The molecule has 12 nitrogen and oxygen atoms in total. The molecule has 0 atom stereocenters. The summed E-state index contributed by atoms with van der Waals surface area (Å²) >= 11 is 0. The number of hydrogen-bond acceptors (Lipinski definition) is 10. The van der Waals surface area contributed by atoms with Gasteiger partial charge in [-0.3, -0.25) is 15.5 Å². The van der Waals surface area contributed by atoms with Crippen molar-refractivity contribution in [3.05, 3.63) is 82.4 Å². The molecule has 0 fully saturated rings. The van der Waals surface area contributed by atoms with Crippen LogP contribution in [-0.4, -0.2) is 54.3 Å². The average Bonchev–Trinajstić information content (AvgIpc) is 2.99. The summed E-state index contributed by atoms with van der Waals surface area (Å²) in [5.41, 5.74) is 3.88. The Morgan fingerprint density at radius 2 is 1.67 bits per heavy atom. The lowest BCUT2D eigenvalue weighted by atomic mass is 10.1. The Hall–Kier alpha value is -5.10. The largest absolute Gasteiger partial charge is 0.487 e. The van der Waals surface area contributed by atoms with E-state index in [1.54, 1.807) is 69.3 Å². The van der Waals surface area contributed by atoms with Gasteiger partial charge in [0.1, 0.15) is 5.84 Å². The molecular formula is C34H42N4O8. The maximum atomic E-state index is 13.5. The van der Waals surface area contributed by atoms with E-state index in [0.717, 1.165) is 5.56 Å². The van der Waals surface area contributed by atoms with Crippen LogP contribution in [0.15, 0.2) is 54.6 Å². The third-order valence-electron chi connectivity index (χ3n) is 6.27. The number of alkyl carbamates (subject to hydrolysis) is 1. The van der Waals surface area contributed by atoms with Crippen molar-refractivity contribution < 1.29 is 38.4 Å². The maximum absolute atomic E-state index is 13.5. The molecule has 0 aromatic heterocycles. The molecule has 2 amide bonds. The van der Waals surface area contributed by atoms with Gasteiger partial charge in [-0.25, -0.2) is 9.59 Å². The highest BCUT2D eigenvalue weighted by atomic mass is 16.6. The highest BCUT2D eigenvalue weighted by Crippen LogP contribution is 2.35. The standard InChI is InChI=1S/C34H42N4O8/c1-7-43-30(40)19-44-31-25(15-23(18-39)16-29(31)45-20(2)3)17-36-28-13-8-22(6)14-27(28)33(41)37-26-11-9-24(10-12-26)32(35)38-34(42)46-21(4)5/h8-16,20-21,36,39H,7,17-19H2,1-6H3,(H,37,41)(H2,35,38,42). The molecule has 0 aliphatic rings. The van der Waals surface area contributed by atoms with E-state index in [1.807, 2.05) is 26.8 Å². The Labute approximate surface area is 268 Å². The van der Waals surface area contributed by atoms with E-state index in [4.69, 9.17) is 24.4 Å². The first-order valence-electron chi connectivity index (χ1n) is 14.9. The highest BCUT2D eigenvalue weighted by Gasteiger charge is 2.19. The second-order valence-electron chi connectivity index (χ2n) is 10.9. The van der Waals surface area contributed by atoms with Gasteiger partial charge >= 0.3 is 12.1 Å². The maximum Gasteiger partial charge on any atom is 0.413 e. The van der Waals surface area contributed by atoms with Crippen molar-refractivity contribution in [1.29, 1.82) is 5.41 Å². The summed E-state index contributed by atoms with van der Waals surface area (Å²) in [6, 6.07) is 15.3. The topological polar surface area (TPSA) is 168 Å². The van der Waals surface area contributed by atoms with E-state index in [9.17, 15) is 19.5 Å². The molecule has 0 unspecified atom stereocenters. The van der Waals surface area contributed by atoms with Crippen LogP contribution in [0, 0.1) is 12.3 Å². The molecule has 12 heteroatoms. The van der Waals surface area contributed by atoms with Crippen molar-refractivity contribution in [2.24, 2.45) is 0 Å². The van der Waals surface area contributed by atoms with E-state index in [0.29, 0.717) is 45.1 Å².